The van der Waals surface area contributed by atoms with Crippen LogP contribution in [0.25, 0.3) is 0 Å². The molecule has 1 heterocycles. The van der Waals surface area contributed by atoms with E-state index in [-0.39, 0.29) is 0 Å². The summed E-state index contributed by atoms with van der Waals surface area (Å²) >= 11 is 7.36. The molecule has 0 aliphatic rings. The third kappa shape index (κ3) is 7.32. The van der Waals surface area contributed by atoms with Crippen molar-refractivity contribution in [3.8, 4) is 0 Å². The minimum absolute atomic E-state index is 0.495. The second-order valence-electron chi connectivity index (χ2n) is 4.80. The first-order valence-electron chi connectivity index (χ1n) is 7.24. The van der Waals surface area contributed by atoms with Crippen LogP contribution in [0.3, 0.4) is 0 Å². The molecule has 0 saturated heterocycles. The molecule has 0 atom stereocenters. The van der Waals surface area contributed by atoms with Crippen LogP contribution in [0.4, 0.5) is 0 Å². The van der Waals surface area contributed by atoms with Crippen molar-refractivity contribution in [1.82, 2.24) is 10.2 Å². The molecule has 18 heavy (non-hydrogen) atoms. The number of aromatic nitrogens is 2. The Morgan fingerprint density at radius 1 is 0.833 bits per heavy atom. The highest BCUT2D eigenvalue weighted by molar-refractivity contribution is 7.11. The molecule has 2 nitrogen and oxygen atoms in total. The first-order chi connectivity index (χ1) is 8.86. The van der Waals surface area contributed by atoms with Crippen molar-refractivity contribution >= 4 is 22.9 Å². The topological polar surface area (TPSA) is 25.8 Å². The third-order valence-electron chi connectivity index (χ3n) is 3.12. The molecule has 1 aromatic heterocycles. The Morgan fingerprint density at radius 2 is 1.39 bits per heavy atom. The van der Waals surface area contributed by atoms with Gasteiger partial charge in [-0.1, -0.05) is 58.3 Å². The zero-order valence-electron chi connectivity index (χ0n) is 11.5. The quantitative estimate of drug-likeness (QED) is 0.405. The summed E-state index contributed by atoms with van der Waals surface area (Å²) in [6.45, 7) is 2.27. The van der Waals surface area contributed by atoms with E-state index in [1.165, 1.54) is 57.8 Å². The highest BCUT2D eigenvalue weighted by Crippen LogP contribution is 2.15. The summed E-state index contributed by atoms with van der Waals surface area (Å²) in [5.41, 5.74) is 0. The zero-order chi connectivity index (χ0) is 13.1. The predicted molar refractivity (Wildman–Crippen MR) is 80.4 cm³/mol. The Morgan fingerprint density at radius 3 is 1.94 bits per heavy atom. The number of alkyl halides is 1. The van der Waals surface area contributed by atoms with Crippen molar-refractivity contribution < 1.29 is 0 Å². The molecular weight excluding hydrogens is 264 g/mol. The van der Waals surface area contributed by atoms with Crippen LogP contribution in [0.15, 0.2) is 0 Å². The van der Waals surface area contributed by atoms with Crippen molar-refractivity contribution in [1.29, 1.82) is 0 Å². The van der Waals surface area contributed by atoms with Gasteiger partial charge in [0, 0.05) is 6.42 Å². The lowest BCUT2D eigenvalue weighted by atomic mass is 10.1. The standard InChI is InChI=1S/C14H25ClN2S/c1-2-3-4-5-6-7-8-9-10-11-13-16-17-14(12-15)18-13/h2-12H2,1H3. The van der Waals surface area contributed by atoms with Crippen molar-refractivity contribution in [3.05, 3.63) is 10.0 Å². The number of hydrogen-bond donors (Lipinski definition) is 0. The number of unbranched alkanes of at least 4 members (excludes halogenated alkanes) is 8. The molecule has 0 aliphatic carbocycles. The third-order valence-corrected chi connectivity index (χ3v) is 4.51. The maximum Gasteiger partial charge on any atom is 0.132 e. The van der Waals surface area contributed by atoms with E-state index in [2.05, 4.69) is 17.1 Å². The highest BCUT2D eigenvalue weighted by atomic mass is 35.5. The van der Waals surface area contributed by atoms with Gasteiger partial charge in [0.25, 0.3) is 0 Å². The van der Waals surface area contributed by atoms with Crippen LogP contribution in [0.2, 0.25) is 0 Å². The van der Waals surface area contributed by atoms with Crippen LogP contribution < -0.4 is 0 Å². The van der Waals surface area contributed by atoms with Gasteiger partial charge < -0.3 is 0 Å². The van der Waals surface area contributed by atoms with Crippen LogP contribution >= 0.6 is 22.9 Å². The van der Waals surface area contributed by atoms with Gasteiger partial charge in [0.05, 0.1) is 5.88 Å². The Hall–Kier alpha value is -0.150. The van der Waals surface area contributed by atoms with Gasteiger partial charge in [0.15, 0.2) is 0 Å². The molecule has 0 aliphatic heterocycles. The summed E-state index contributed by atoms with van der Waals surface area (Å²) in [6, 6.07) is 0. The molecule has 104 valence electrons. The molecule has 1 aromatic rings. The number of halogens is 1. The monoisotopic (exact) mass is 288 g/mol. The molecule has 0 spiro atoms. The molecule has 0 amide bonds. The van der Waals surface area contributed by atoms with Crippen molar-refractivity contribution in [2.45, 2.75) is 77.0 Å². The van der Waals surface area contributed by atoms with Gasteiger partial charge in [-0.15, -0.1) is 33.1 Å². The smallest absolute Gasteiger partial charge is 0.132 e. The molecule has 0 unspecified atom stereocenters. The second-order valence-corrected chi connectivity index (χ2v) is 6.22. The number of hydrogen-bond acceptors (Lipinski definition) is 3. The van der Waals surface area contributed by atoms with Crippen LogP contribution in [-0.4, -0.2) is 10.2 Å². The fourth-order valence-electron chi connectivity index (χ4n) is 2.03. The van der Waals surface area contributed by atoms with Gasteiger partial charge in [0.2, 0.25) is 0 Å². The average Bonchev–Trinajstić information content (AvgIpc) is 2.85. The Kier molecular flexibility index (Phi) is 9.49. The van der Waals surface area contributed by atoms with Gasteiger partial charge in [-0.2, -0.15) is 0 Å². The number of aryl methyl sites for hydroxylation is 1. The summed E-state index contributed by atoms with van der Waals surface area (Å²) in [7, 11) is 0. The first kappa shape index (κ1) is 15.9. The second kappa shape index (κ2) is 10.7. The zero-order valence-corrected chi connectivity index (χ0v) is 13.0. The Balaban J connectivity index is 1.89. The predicted octanol–water partition coefficient (Wildman–Crippen LogP) is 5.35. The van der Waals surface area contributed by atoms with E-state index in [9.17, 15) is 0 Å². The van der Waals surface area contributed by atoms with Gasteiger partial charge in [-0.25, -0.2) is 0 Å². The van der Waals surface area contributed by atoms with E-state index in [1.54, 1.807) is 11.3 Å². The van der Waals surface area contributed by atoms with Crippen LogP contribution in [0.5, 0.6) is 0 Å². The summed E-state index contributed by atoms with van der Waals surface area (Å²) in [6.07, 6.45) is 13.4. The summed E-state index contributed by atoms with van der Waals surface area (Å²) < 4.78 is 0. The maximum absolute atomic E-state index is 5.70. The number of nitrogens with zero attached hydrogens (tertiary/aromatic N) is 2. The van der Waals surface area contributed by atoms with Crippen LogP contribution in [-0.2, 0) is 12.3 Å². The molecule has 0 radical (unpaired) electrons. The molecule has 1 rings (SSSR count). The van der Waals surface area contributed by atoms with Crippen LogP contribution in [0, 0.1) is 0 Å². The summed E-state index contributed by atoms with van der Waals surface area (Å²) in [5, 5.41) is 10.3. The van der Waals surface area contributed by atoms with Crippen molar-refractivity contribution in [2.75, 3.05) is 0 Å². The average molecular weight is 289 g/mol. The van der Waals surface area contributed by atoms with Crippen molar-refractivity contribution in [2.24, 2.45) is 0 Å². The van der Waals surface area contributed by atoms with Gasteiger partial charge in [0.1, 0.15) is 10.0 Å². The van der Waals surface area contributed by atoms with E-state index in [1.807, 2.05) is 0 Å². The van der Waals surface area contributed by atoms with E-state index in [0.29, 0.717) is 5.88 Å². The Labute approximate surface area is 120 Å². The minimum Gasteiger partial charge on any atom is -0.144 e. The van der Waals surface area contributed by atoms with E-state index >= 15 is 0 Å². The molecule has 4 heteroatoms. The van der Waals surface area contributed by atoms with E-state index in [0.717, 1.165) is 16.4 Å². The van der Waals surface area contributed by atoms with Crippen molar-refractivity contribution in [3.63, 3.8) is 0 Å². The fourth-order valence-corrected chi connectivity index (χ4v) is 2.98. The molecule has 0 N–H and O–H groups in total. The lowest BCUT2D eigenvalue weighted by molar-refractivity contribution is 0.564. The fraction of sp³-hybridized carbons (Fsp3) is 0.857. The first-order valence-corrected chi connectivity index (χ1v) is 8.59. The Bertz CT molecular complexity index is 302. The maximum atomic E-state index is 5.70. The van der Waals surface area contributed by atoms with E-state index in [4.69, 9.17) is 11.6 Å². The van der Waals surface area contributed by atoms with Gasteiger partial charge in [-0.05, 0) is 6.42 Å². The number of rotatable bonds is 11. The summed E-state index contributed by atoms with van der Waals surface area (Å²) in [4.78, 5) is 0. The molecular formula is C14H25ClN2S. The molecule has 0 bridgehead atoms. The molecule has 0 fully saturated rings. The van der Waals surface area contributed by atoms with Gasteiger partial charge in [-0.3, -0.25) is 0 Å². The highest BCUT2D eigenvalue weighted by Gasteiger charge is 2.02. The largest absolute Gasteiger partial charge is 0.144 e. The molecule has 0 saturated carbocycles. The SMILES string of the molecule is CCCCCCCCCCCc1nnc(CCl)s1. The normalized spacial score (nSPS) is 11.0. The summed E-state index contributed by atoms with van der Waals surface area (Å²) in [5.74, 6) is 0.495. The van der Waals surface area contributed by atoms with E-state index < -0.39 is 0 Å². The molecule has 0 aromatic carbocycles. The lowest BCUT2D eigenvalue weighted by Gasteiger charge is -2.00. The minimum atomic E-state index is 0.495. The van der Waals surface area contributed by atoms with Crippen LogP contribution in [0.1, 0.15) is 74.7 Å². The van der Waals surface area contributed by atoms with Gasteiger partial charge >= 0.3 is 0 Å². The lowest BCUT2D eigenvalue weighted by Crippen LogP contribution is -1.86.